The lowest BCUT2D eigenvalue weighted by molar-refractivity contribution is -0.157. The first kappa shape index (κ1) is 14.2. The second-order valence-corrected chi connectivity index (χ2v) is 5.44. The van der Waals surface area contributed by atoms with Gasteiger partial charge in [0.2, 0.25) is 0 Å². The zero-order chi connectivity index (χ0) is 14.0. The van der Waals surface area contributed by atoms with E-state index in [9.17, 15) is 9.90 Å². The topological polar surface area (TPSA) is 60.8 Å². The zero-order valence-corrected chi connectivity index (χ0v) is 11.7. The minimum Gasteiger partial charge on any atom is -0.479 e. The van der Waals surface area contributed by atoms with E-state index in [4.69, 9.17) is 16.7 Å². The van der Waals surface area contributed by atoms with Gasteiger partial charge in [-0.2, -0.15) is 0 Å². The number of rotatable bonds is 3. The Morgan fingerprint density at radius 3 is 2.53 bits per heavy atom. The minimum atomic E-state index is -1.97. The Balaban J connectivity index is 2.40. The summed E-state index contributed by atoms with van der Waals surface area (Å²) in [7, 11) is 0. The number of benzene rings is 1. The summed E-state index contributed by atoms with van der Waals surface area (Å²) in [5.41, 5.74) is -0.923. The molecule has 0 saturated carbocycles. The summed E-state index contributed by atoms with van der Waals surface area (Å²) in [5.74, 6) is -1.30. The first-order valence-electron chi connectivity index (χ1n) is 6.44. The fraction of sp³-hybridized carbons (Fsp3) is 0.500. The average Bonchev–Trinajstić information content (AvgIpc) is 2.39. The predicted octanol–water partition coefficient (Wildman–Crippen LogP) is 2.62. The van der Waals surface area contributed by atoms with Gasteiger partial charge in [0, 0.05) is 18.7 Å². The van der Waals surface area contributed by atoms with E-state index in [1.807, 2.05) is 6.07 Å². The zero-order valence-electron chi connectivity index (χ0n) is 10.9. The number of hydrogen-bond donors (Lipinski definition) is 2. The van der Waals surface area contributed by atoms with Crippen LogP contribution in [-0.4, -0.2) is 29.3 Å². The third-order valence-corrected chi connectivity index (χ3v) is 4.01. The highest BCUT2D eigenvalue weighted by Crippen LogP contribution is 2.36. The van der Waals surface area contributed by atoms with Gasteiger partial charge in [-0.1, -0.05) is 23.7 Å². The predicted molar refractivity (Wildman–Crippen MR) is 74.7 cm³/mol. The number of carboxylic acids is 1. The maximum Gasteiger partial charge on any atom is 0.340 e. The van der Waals surface area contributed by atoms with E-state index in [-0.39, 0.29) is 5.56 Å². The molecule has 1 aromatic carbocycles. The number of aliphatic hydroxyl groups is 1. The summed E-state index contributed by atoms with van der Waals surface area (Å²) in [5, 5.41) is 19.5. The molecular weight excluding hydrogens is 266 g/mol. The van der Waals surface area contributed by atoms with Crippen LogP contribution in [0.3, 0.4) is 0 Å². The van der Waals surface area contributed by atoms with E-state index >= 15 is 0 Å². The van der Waals surface area contributed by atoms with E-state index in [0.29, 0.717) is 5.02 Å². The van der Waals surface area contributed by atoms with Crippen molar-refractivity contribution in [2.75, 3.05) is 18.0 Å². The monoisotopic (exact) mass is 283 g/mol. The van der Waals surface area contributed by atoms with Crippen molar-refractivity contribution >= 4 is 23.3 Å². The Morgan fingerprint density at radius 2 is 1.95 bits per heavy atom. The number of nitrogens with zero attached hydrogens (tertiary/aromatic N) is 1. The quantitative estimate of drug-likeness (QED) is 0.895. The summed E-state index contributed by atoms with van der Waals surface area (Å²) in [6, 6.07) is 5.17. The van der Waals surface area contributed by atoms with Gasteiger partial charge in [-0.3, -0.25) is 0 Å². The number of carboxylic acid groups (broad SMARTS) is 1. The number of hydrogen-bond acceptors (Lipinski definition) is 3. The second-order valence-electron chi connectivity index (χ2n) is 5.06. The molecule has 1 heterocycles. The maximum absolute atomic E-state index is 11.1. The fourth-order valence-electron chi connectivity index (χ4n) is 2.39. The minimum absolute atomic E-state index is 0.241. The first-order valence-corrected chi connectivity index (χ1v) is 6.82. The third-order valence-electron chi connectivity index (χ3n) is 3.62. The van der Waals surface area contributed by atoms with Crippen LogP contribution in [0.2, 0.25) is 5.02 Å². The molecule has 0 bridgehead atoms. The van der Waals surface area contributed by atoms with E-state index in [0.717, 1.165) is 31.6 Å². The van der Waals surface area contributed by atoms with Crippen LogP contribution in [0.15, 0.2) is 18.2 Å². The SMILES string of the molecule is CC(O)(C(=O)O)c1cccc(N2CCCCC2)c1Cl. The van der Waals surface area contributed by atoms with E-state index in [2.05, 4.69) is 4.90 Å². The Hall–Kier alpha value is -1.26. The molecule has 0 amide bonds. The molecule has 0 aliphatic carbocycles. The maximum atomic E-state index is 11.1. The van der Waals surface area contributed by atoms with Crippen LogP contribution in [0.4, 0.5) is 5.69 Å². The molecule has 1 atom stereocenters. The van der Waals surface area contributed by atoms with Gasteiger partial charge in [-0.15, -0.1) is 0 Å². The number of piperidine rings is 1. The van der Waals surface area contributed by atoms with Crippen molar-refractivity contribution in [1.29, 1.82) is 0 Å². The molecular formula is C14H18ClNO3. The van der Waals surface area contributed by atoms with Gasteiger partial charge < -0.3 is 15.1 Å². The van der Waals surface area contributed by atoms with E-state index < -0.39 is 11.6 Å². The summed E-state index contributed by atoms with van der Waals surface area (Å²) in [6.07, 6.45) is 3.42. The molecule has 2 rings (SSSR count). The van der Waals surface area contributed by atoms with E-state index in [1.165, 1.54) is 13.3 Å². The van der Waals surface area contributed by atoms with E-state index in [1.54, 1.807) is 12.1 Å². The molecule has 104 valence electrons. The molecule has 19 heavy (non-hydrogen) atoms. The summed E-state index contributed by atoms with van der Waals surface area (Å²) in [6.45, 7) is 3.08. The van der Waals surface area contributed by atoms with Crippen LogP contribution < -0.4 is 4.90 Å². The Morgan fingerprint density at radius 1 is 1.32 bits per heavy atom. The molecule has 4 nitrogen and oxygen atoms in total. The fourth-order valence-corrected chi connectivity index (χ4v) is 2.82. The lowest BCUT2D eigenvalue weighted by Gasteiger charge is -2.31. The number of carbonyl (C=O) groups is 1. The van der Waals surface area contributed by atoms with Crippen LogP contribution in [0.25, 0.3) is 0 Å². The Bertz CT molecular complexity index is 482. The van der Waals surface area contributed by atoms with Crippen molar-refractivity contribution in [3.05, 3.63) is 28.8 Å². The first-order chi connectivity index (χ1) is 8.94. The highest BCUT2D eigenvalue weighted by atomic mass is 35.5. The smallest absolute Gasteiger partial charge is 0.340 e. The van der Waals surface area contributed by atoms with Gasteiger partial charge in [0.25, 0.3) is 0 Å². The summed E-state index contributed by atoms with van der Waals surface area (Å²) >= 11 is 6.31. The van der Waals surface area contributed by atoms with Crippen molar-refractivity contribution in [3.63, 3.8) is 0 Å². The third kappa shape index (κ3) is 2.69. The number of aliphatic carboxylic acids is 1. The molecule has 1 unspecified atom stereocenters. The lowest BCUT2D eigenvalue weighted by atomic mass is 9.95. The van der Waals surface area contributed by atoms with Gasteiger partial charge in [0.15, 0.2) is 5.60 Å². The standard InChI is InChI=1S/C14H18ClNO3/c1-14(19,13(17)18)10-6-5-7-11(12(10)15)16-8-3-2-4-9-16/h5-7,19H,2-4,8-9H2,1H3,(H,17,18). The van der Waals surface area contributed by atoms with Gasteiger partial charge in [-0.25, -0.2) is 4.79 Å². The van der Waals surface area contributed by atoms with Gasteiger partial charge in [0.05, 0.1) is 10.7 Å². The van der Waals surface area contributed by atoms with Crippen molar-refractivity contribution in [3.8, 4) is 0 Å². The highest BCUT2D eigenvalue weighted by molar-refractivity contribution is 6.34. The molecule has 1 aliphatic rings. The van der Waals surface area contributed by atoms with Crippen molar-refractivity contribution < 1.29 is 15.0 Å². The van der Waals surface area contributed by atoms with Gasteiger partial charge in [0.1, 0.15) is 0 Å². The molecule has 0 aromatic heterocycles. The van der Waals surface area contributed by atoms with Gasteiger partial charge >= 0.3 is 5.97 Å². The van der Waals surface area contributed by atoms with Gasteiger partial charge in [-0.05, 0) is 32.3 Å². The van der Waals surface area contributed by atoms with Crippen LogP contribution in [0.5, 0.6) is 0 Å². The molecule has 1 aromatic rings. The van der Waals surface area contributed by atoms with Crippen LogP contribution in [0, 0.1) is 0 Å². The highest BCUT2D eigenvalue weighted by Gasteiger charge is 2.35. The molecule has 0 radical (unpaired) electrons. The number of halogens is 1. The van der Waals surface area contributed by atoms with Crippen LogP contribution >= 0.6 is 11.6 Å². The average molecular weight is 284 g/mol. The molecule has 0 spiro atoms. The summed E-state index contributed by atoms with van der Waals surface area (Å²) < 4.78 is 0. The Kier molecular flexibility index (Phi) is 4.02. The normalized spacial score (nSPS) is 19.0. The molecule has 2 N–H and O–H groups in total. The second kappa shape index (κ2) is 5.39. The van der Waals surface area contributed by atoms with Crippen molar-refractivity contribution in [2.24, 2.45) is 0 Å². The molecule has 1 aliphatic heterocycles. The van der Waals surface area contributed by atoms with Crippen LogP contribution in [-0.2, 0) is 10.4 Å². The summed E-state index contributed by atoms with van der Waals surface area (Å²) in [4.78, 5) is 13.3. The molecule has 5 heteroatoms. The molecule has 1 fully saturated rings. The van der Waals surface area contributed by atoms with Crippen molar-refractivity contribution in [1.82, 2.24) is 0 Å². The van der Waals surface area contributed by atoms with Crippen LogP contribution in [0.1, 0.15) is 31.7 Å². The largest absolute Gasteiger partial charge is 0.479 e. The Labute approximate surface area is 117 Å². The number of anilines is 1. The van der Waals surface area contributed by atoms with Crippen molar-refractivity contribution in [2.45, 2.75) is 31.8 Å². The molecule has 1 saturated heterocycles. The lowest BCUT2D eigenvalue weighted by Crippen LogP contribution is -2.34.